The largest absolute Gasteiger partial charge is 0.496 e. The van der Waals surface area contributed by atoms with Crippen LogP contribution in [0.3, 0.4) is 0 Å². The molecular formula is C16H21N5O2. The molecule has 0 unspecified atom stereocenters. The molecular weight excluding hydrogens is 294 g/mol. The molecule has 2 aromatic rings. The molecule has 0 saturated heterocycles. The van der Waals surface area contributed by atoms with Crippen molar-refractivity contribution in [3.05, 3.63) is 40.7 Å². The van der Waals surface area contributed by atoms with Gasteiger partial charge in [0.15, 0.2) is 5.69 Å². The van der Waals surface area contributed by atoms with Crippen molar-refractivity contribution in [2.24, 2.45) is 5.73 Å². The van der Waals surface area contributed by atoms with E-state index in [2.05, 4.69) is 27.8 Å². The third-order valence-corrected chi connectivity index (χ3v) is 4.06. The summed E-state index contributed by atoms with van der Waals surface area (Å²) in [6, 6.07) is 4.22. The molecule has 0 saturated carbocycles. The quantitative estimate of drug-likeness (QED) is 0.817. The summed E-state index contributed by atoms with van der Waals surface area (Å²) in [4.78, 5) is 12.2. The average Bonchev–Trinajstić information content (AvgIpc) is 3.20. The zero-order valence-corrected chi connectivity index (χ0v) is 13.2. The number of nitrogens with zero attached hydrogens (tertiary/aromatic N) is 3. The van der Waals surface area contributed by atoms with Gasteiger partial charge in [0.05, 0.1) is 19.9 Å². The van der Waals surface area contributed by atoms with Crippen molar-refractivity contribution >= 4 is 5.91 Å². The monoisotopic (exact) mass is 315 g/mol. The number of carbonyl (C=O) groups is 1. The predicted molar refractivity (Wildman–Crippen MR) is 85.3 cm³/mol. The van der Waals surface area contributed by atoms with Gasteiger partial charge in [-0.1, -0.05) is 11.3 Å². The van der Waals surface area contributed by atoms with Gasteiger partial charge in [0, 0.05) is 18.7 Å². The molecule has 0 radical (unpaired) electrons. The van der Waals surface area contributed by atoms with E-state index in [1.165, 1.54) is 17.5 Å². The summed E-state index contributed by atoms with van der Waals surface area (Å²) in [5, 5.41) is 10.6. The first kappa shape index (κ1) is 15.5. The number of nitrogens with two attached hydrogens (primary N) is 1. The van der Waals surface area contributed by atoms with Gasteiger partial charge >= 0.3 is 0 Å². The maximum absolute atomic E-state index is 12.2. The van der Waals surface area contributed by atoms with Crippen molar-refractivity contribution in [3.63, 3.8) is 0 Å². The lowest BCUT2D eigenvalue weighted by Crippen LogP contribution is -2.23. The molecule has 1 aromatic heterocycles. The van der Waals surface area contributed by atoms with Crippen LogP contribution in [0.5, 0.6) is 5.75 Å². The van der Waals surface area contributed by atoms with Gasteiger partial charge in [-0.3, -0.25) is 9.48 Å². The number of hydrogen-bond acceptors (Lipinski definition) is 5. The summed E-state index contributed by atoms with van der Waals surface area (Å²) in [6.45, 7) is 1.40. The summed E-state index contributed by atoms with van der Waals surface area (Å²) in [7, 11) is 1.65. The summed E-state index contributed by atoms with van der Waals surface area (Å²) < 4.78 is 7.01. The van der Waals surface area contributed by atoms with Gasteiger partial charge in [-0.25, -0.2) is 0 Å². The van der Waals surface area contributed by atoms with Crippen LogP contribution in [0.2, 0.25) is 0 Å². The number of methoxy groups -OCH3 is 1. The molecule has 0 fully saturated rings. The first-order chi connectivity index (χ1) is 11.2. The molecule has 3 N–H and O–H groups in total. The third kappa shape index (κ3) is 3.34. The van der Waals surface area contributed by atoms with Crippen molar-refractivity contribution in [2.45, 2.75) is 32.4 Å². The predicted octanol–water partition coefficient (Wildman–Crippen LogP) is 0.664. The fraction of sp³-hybridized carbons (Fsp3) is 0.438. The molecule has 23 heavy (non-hydrogen) atoms. The molecule has 3 rings (SSSR count). The van der Waals surface area contributed by atoms with Gasteiger partial charge in [0.2, 0.25) is 0 Å². The Balaban J connectivity index is 1.68. The van der Waals surface area contributed by atoms with E-state index in [1.807, 2.05) is 0 Å². The van der Waals surface area contributed by atoms with Crippen molar-refractivity contribution in [1.29, 1.82) is 0 Å². The maximum Gasteiger partial charge on any atom is 0.273 e. The molecule has 1 aliphatic rings. The normalized spacial score (nSPS) is 13.0. The molecule has 7 nitrogen and oxygen atoms in total. The first-order valence-electron chi connectivity index (χ1n) is 7.78. The topological polar surface area (TPSA) is 95.1 Å². The van der Waals surface area contributed by atoms with Gasteiger partial charge in [0.1, 0.15) is 5.75 Å². The standard InChI is InChI=1S/C16H21N5O2/c1-23-15-8-12-4-2-3-11(12)7-13(15)9-18-16(22)14-10-21(6-5-17)20-19-14/h7-8,10H,2-6,9,17H2,1H3,(H,18,22). The summed E-state index contributed by atoms with van der Waals surface area (Å²) in [6.07, 6.45) is 4.97. The highest BCUT2D eigenvalue weighted by molar-refractivity contribution is 5.91. The number of nitrogens with one attached hydrogen (secondary N) is 1. The number of hydrogen-bond donors (Lipinski definition) is 2. The highest BCUT2D eigenvalue weighted by Gasteiger charge is 2.16. The Morgan fingerprint density at radius 2 is 2.17 bits per heavy atom. The molecule has 1 aliphatic carbocycles. The van der Waals surface area contributed by atoms with E-state index >= 15 is 0 Å². The number of aromatic nitrogens is 3. The lowest BCUT2D eigenvalue weighted by Gasteiger charge is -2.12. The van der Waals surface area contributed by atoms with Crippen LogP contribution in [0.15, 0.2) is 18.3 Å². The van der Waals surface area contributed by atoms with E-state index in [0.29, 0.717) is 25.3 Å². The SMILES string of the molecule is COc1cc2c(cc1CNC(=O)c1cn(CCN)nn1)CCC2. The van der Waals surface area contributed by atoms with Gasteiger partial charge in [-0.2, -0.15) is 0 Å². The lowest BCUT2D eigenvalue weighted by molar-refractivity contribution is 0.0945. The molecule has 0 aliphatic heterocycles. The number of carbonyl (C=O) groups excluding carboxylic acids is 1. The maximum atomic E-state index is 12.2. The Kier molecular flexibility index (Phi) is 4.57. The van der Waals surface area contributed by atoms with Gasteiger partial charge in [-0.05, 0) is 36.5 Å². The smallest absolute Gasteiger partial charge is 0.273 e. The van der Waals surface area contributed by atoms with Gasteiger partial charge in [-0.15, -0.1) is 5.10 Å². The van der Waals surface area contributed by atoms with Crippen LogP contribution in [-0.4, -0.2) is 34.6 Å². The minimum atomic E-state index is -0.254. The molecule has 1 amide bonds. The number of aryl methyl sites for hydroxylation is 2. The summed E-state index contributed by atoms with van der Waals surface area (Å²) >= 11 is 0. The number of fused-ring (bicyclic) bond motifs is 1. The van der Waals surface area contributed by atoms with Crippen molar-refractivity contribution < 1.29 is 9.53 Å². The molecule has 0 atom stereocenters. The fourth-order valence-electron chi connectivity index (χ4n) is 2.89. The van der Waals surface area contributed by atoms with Crippen LogP contribution in [0, 0.1) is 0 Å². The molecule has 1 heterocycles. The van der Waals surface area contributed by atoms with Crippen LogP contribution in [0.1, 0.15) is 33.6 Å². The van der Waals surface area contributed by atoms with Gasteiger partial charge < -0.3 is 15.8 Å². The fourth-order valence-corrected chi connectivity index (χ4v) is 2.89. The molecule has 7 heteroatoms. The second kappa shape index (κ2) is 6.78. The van der Waals surface area contributed by atoms with Crippen LogP contribution >= 0.6 is 0 Å². The second-order valence-corrected chi connectivity index (χ2v) is 5.62. The molecule has 122 valence electrons. The van der Waals surface area contributed by atoms with Crippen molar-refractivity contribution in [1.82, 2.24) is 20.3 Å². The Bertz CT molecular complexity index is 710. The Labute approximate surface area is 134 Å². The van der Waals surface area contributed by atoms with Gasteiger partial charge in [0.25, 0.3) is 5.91 Å². The highest BCUT2D eigenvalue weighted by Crippen LogP contribution is 2.29. The Morgan fingerprint density at radius 3 is 2.91 bits per heavy atom. The first-order valence-corrected chi connectivity index (χ1v) is 7.78. The van der Waals surface area contributed by atoms with E-state index in [4.69, 9.17) is 10.5 Å². The molecule has 0 bridgehead atoms. The highest BCUT2D eigenvalue weighted by atomic mass is 16.5. The average molecular weight is 315 g/mol. The third-order valence-electron chi connectivity index (χ3n) is 4.06. The van der Waals surface area contributed by atoms with Crippen molar-refractivity contribution in [3.8, 4) is 5.75 Å². The minimum absolute atomic E-state index is 0.254. The summed E-state index contributed by atoms with van der Waals surface area (Å²) in [5.41, 5.74) is 9.43. The minimum Gasteiger partial charge on any atom is -0.496 e. The van der Waals surface area contributed by atoms with Crippen LogP contribution in [-0.2, 0) is 25.9 Å². The van der Waals surface area contributed by atoms with Crippen molar-refractivity contribution in [2.75, 3.05) is 13.7 Å². The van der Waals surface area contributed by atoms with Crippen LogP contribution in [0.25, 0.3) is 0 Å². The van der Waals surface area contributed by atoms with Crippen LogP contribution in [0.4, 0.5) is 0 Å². The van der Waals surface area contributed by atoms with E-state index in [-0.39, 0.29) is 5.91 Å². The number of benzene rings is 1. The lowest BCUT2D eigenvalue weighted by atomic mass is 10.0. The molecule has 0 spiro atoms. The Morgan fingerprint density at radius 1 is 1.39 bits per heavy atom. The second-order valence-electron chi connectivity index (χ2n) is 5.62. The molecule has 1 aromatic carbocycles. The number of ether oxygens (including phenoxy) is 1. The summed E-state index contributed by atoms with van der Waals surface area (Å²) in [5.74, 6) is 0.563. The number of rotatable bonds is 6. The Hall–Kier alpha value is -2.41. The van der Waals surface area contributed by atoms with E-state index in [9.17, 15) is 4.79 Å². The van der Waals surface area contributed by atoms with E-state index < -0.39 is 0 Å². The van der Waals surface area contributed by atoms with E-state index in [0.717, 1.165) is 24.2 Å². The van der Waals surface area contributed by atoms with Crippen LogP contribution < -0.4 is 15.8 Å². The number of amides is 1. The zero-order valence-electron chi connectivity index (χ0n) is 13.2. The zero-order chi connectivity index (χ0) is 16.2. The van der Waals surface area contributed by atoms with E-state index in [1.54, 1.807) is 18.0 Å².